The third-order valence-corrected chi connectivity index (χ3v) is 2.94. The Bertz CT molecular complexity index is 431. The number of carboxylic acid groups (broad SMARTS) is 1. The van der Waals surface area contributed by atoms with E-state index in [4.69, 9.17) is 5.11 Å². The van der Waals surface area contributed by atoms with E-state index in [0.717, 1.165) is 6.42 Å². The molecule has 5 heteroatoms. The number of nitro benzene ring substituents is 1. The maximum absolute atomic E-state index is 11.0. The summed E-state index contributed by atoms with van der Waals surface area (Å²) in [6, 6.07) is 6.48. The molecule has 98 valence electrons. The maximum Gasteiger partial charge on any atom is 0.306 e. The zero-order valence-corrected chi connectivity index (χ0v) is 10.3. The van der Waals surface area contributed by atoms with Crippen molar-refractivity contribution in [3.8, 4) is 0 Å². The van der Waals surface area contributed by atoms with Gasteiger partial charge in [-0.2, -0.15) is 0 Å². The number of aliphatic carboxylic acids is 1. The number of nitro groups is 1. The summed E-state index contributed by atoms with van der Waals surface area (Å²) in [7, 11) is 0. The minimum Gasteiger partial charge on any atom is -0.481 e. The van der Waals surface area contributed by atoms with Crippen LogP contribution in [0.25, 0.3) is 0 Å². The molecule has 0 aliphatic rings. The first-order valence-corrected chi connectivity index (χ1v) is 6.01. The van der Waals surface area contributed by atoms with E-state index >= 15 is 0 Å². The van der Waals surface area contributed by atoms with Crippen LogP contribution in [0.5, 0.6) is 0 Å². The number of carboxylic acids is 1. The van der Waals surface area contributed by atoms with Gasteiger partial charge >= 0.3 is 5.97 Å². The minimum atomic E-state index is -0.824. The Morgan fingerprint density at radius 3 is 2.61 bits per heavy atom. The van der Waals surface area contributed by atoms with Gasteiger partial charge in [0.05, 0.1) is 10.8 Å². The number of carbonyl (C=O) groups is 1. The molecule has 18 heavy (non-hydrogen) atoms. The van der Waals surface area contributed by atoms with Gasteiger partial charge in [-0.3, -0.25) is 14.9 Å². The van der Waals surface area contributed by atoms with Crippen molar-refractivity contribution in [2.24, 2.45) is 5.92 Å². The highest BCUT2D eigenvalue weighted by Gasteiger charge is 2.19. The average Bonchev–Trinajstić information content (AvgIpc) is 2.34. The molecule has 0 radical (unpaired) electrons. The highest BCUT2D eigenvalue weighted by Crippen LogP contribution is 2.22. The van der Waals surface area contributed by atoms with Crippen molar-refractivity contribution in [1.29, 1.82) is 0 Å². The molecule has 0 saturated carbocycles. The highest BCUT2D eigenvalue weighted by atomic mass is 16.6. The minimum absolute atomic E-state index is 0.0677. The number of aryl methyl sites for hydroxylation is 1. The predicted octanol–water partition coefficient (Wildman–Crippen LogP) is 3.03. The molecule has 0 fully saturated rings. The molecular formula is C13H17NO4. The molecule has 0 aliphatic carbocycles. The summed E-state index contributed by atoms with van der Waals surface area (Å²) in [6.45, 7) is 1.93. The number of rotatable bonds is 7. The van der Waals surface area contributed by atoms with E-state index in [1.54, 1.807) is 18.2 Å². The molecule has 1 aromatic carbocycles. The van der Waals surface area contributed by atoms with Gasteiger partial charge in [0.2, 0.25) is 0 Å². The lowest BCUT2D eigenvalue weighted by Crippen LogP contribution is -2.14. The van der Waals surface area contributed by atoms with Crippen LogP contribution in [0.4, 0.5) is 5.69 Å². The maximum atomic E-state index is 11.0. The SMILES string of the molecule is CCCC(CCc1ccccc1[N+](=O)[O-])C(=O)O. The fourth-order valence-corrected chi connectivity index (χ4v) is 1.97. The Balaban J connectivity index is 2.73. The lowest BCUT2D eigenvalue weighted by Gasteiger charge is -2.10. The van der Waals surface area contributed by atoms with E-state index in [1.165, 1.54) is 6.07 Å². The number of hydrogen-bond acceptors (Lipinski definition) is 3. The van der Waals surface area contributed by atoms with Crippen molar-refractivity contribution in [1.82, 2.24) is 0 Å². The van der Waals surface area contributed by atoms with Gasteiger partial charge in [0.1, 0.15) is 0 Å². The van der Waals surface area contributed by atoms with Crippen LogP contribution in [0.1, 0.15) is 31.7 Å². The summed E-state index contributed by atoms with van der Waals surface area (Å²) in [4.78, 5) is 21.4. The Morgan fingerprint density at radius 1 is 1.39 bits per heavy atom. The van der Waals surface area contributed by atoms with Gasteiger partial charge in [0, 0.05) is 11.6 Å². The monoisotopic (exact) mass is 251 g/mol. The van der Waals surface area contributed by atoms with Gasteiger partial charge in [-0.25, -0.2) is 0 Å². The molecule has 0 aliphatic heterocycles. The van der Waals surface area contributed by atoms with Gasteiger partial charge < -0.3 is 5.11 Å². The topological polar surface area (TPSA) is 80.4 Å². The largest absolute Gasteiger partial charge is 0.481 e. The van der Waals surface area contributed by atoms with Crippen LogP contribution in [0.15, 0.2) is 24.3 Å². The molecule has 1 aromatic rings. The highest BCUT2D eigenvalue weighted by molar-refractivity contribution is 5.69. The molecule has 1 unspecified atom stereocenters. The fourth-order valence-electron chi connectivity index (χ4n) is 1.97. The zero-order chi connectivity index (χ0) is 13.5. The predicted molar refractivity (Wildman–Crippen MR) is 67.5 cm³/mol. The van der Waals surface area contributed by atoms with Crippen molar-refractivity contribution in [2.75, 3.05) is 0 Å². The van der Waals surface area contributed by atoms with Crippen molar-refractivity contribution < 1.29 is 14.8 Å². The van der Waals surface area contributed by atoms with E-state index in [1.807, 2.05) is 6.92 Å². The zero-order valence-electron chi connectivity index (χ0n) is 10.3. The normalized spacial score (nSPS) is 12.1. The lowest BCUT2D eigenvalue weighted by molar-refractivity contribution is -0.385. The standard InChI is InChI=1S/C13H17NO4/c1-2-5-11(13(15)16)9-8-10-6-3-4-7-12(10)14(17)18/h3-4,6-7,11H,2,5,8-9H2,1H3,(H,15,16). The molecule has 0 amide bonds. The van der Waals surface area contributed by atoms with E-state index in [9.17, 15) is 14.9 Å². The van der Waals surface area contributed by atoms with Crippen LogP contribution < -0.4 is 0 Å². The van der Waals surface area contributed by atoms with Crippen LogP contribution in [0.2, 0.25) is 0 Å². The summed E-state index contributed by atoms with van der Waals surface area (Å²) >= 11 is 0. The summed E-state index contributed by atoms with van der Waals surface area (Å²) in [6.07, 6.45) is 2.27. The van der Waals surface area contributed by atoms with Crippen LogP contribution in [-0.4, -0.2) is 16.0 Å². The van der Waals surface area contributed by atoms with Gasteiger partial charge in [0.15, 0.2) is 0 Å². The first kappa shape index (κ1) is 14.2. The van der Waals surface area contributed by atoms with Gasteiger partial charge in [-0.15, -0.1) is 0 Å². The summed E-state index contributed by atoms with van der Waals surface area (Å²) in [5.41, 5.74) is 0.669. The molecule has 0 bridgehead atoms. The molecular weight excluding hydrogens is 234 g/mol. The number of nitrogens with zero attached hydrogens (tertiary/aromatic N) is 1. The first-order valence-electron chi connectivity index (χ1n) is 6.01. The Morgan fingerprint density at radius 2 is 2.06 bits per heavy atom. The molecule has 1 rings (SSSR count). The Kier molecular flexibility index (Phi) is 5.30. The smallest absolute Gasteiger partial charge is 0.306 e. The van der Waals surface area contributed by atoms with Crippen LogP contribution in [0, 0.1) is 16.0 Å². The molecule has 0 saturated heterocycles. The van der Waals surface area contributed by atoms with E-state index < -0.39 is 16.8 Å². The van der Waals surface area contributed by atoms with Crippen molar-refractivity contribution >= 4 is 11.7 Å². The first-order chi connectivity index (χ1) is 8.56. The van der Waals surface area contributed by atoms with Crippen LogP contribution in [0.3, 0.4) is 0 Å². The van der Waals surface area contributed by atoms with Gasteiger partial charge in [-0.1, -0.05) is 31.5 Å². The number of benzene rings is 1. The van der Waals surface area contributed by atoms with E-state index in [-0.39, 0.29) is 5.69 Å². The second-order valence-electron chi connectivity index (χ2n) is 4.25. The molecule has 1 atom stereocenters. The third-order valence-electron chi connectivity index (χ3n) is 2.94. The molecule has 5 nitrogen and oxygen atoms in total. The van der Waals surface area contributed by atoms with Crippen molar-refractivity contribution in [2.45, 2.75) is 32.6 Å². The fraction of sp³-hybridized carbons (Fsp3) is 0.462. The van der Waals surface area contributed by atoms with Gasteiger partial charge in [0.25, 0.3) is 5.69 Å². The third kappa shape index (κ3) is 3.84. The summed E-state index contributed by atoms with van der Waals surface area (Å²) in [5.74, 6) is -1.25. The van der Waals surface area contributed by atoms with Crippen molar-refractivity contribution in [3.63, 3.8) is 0 Å². The molecule has 1 N–H and O–H groups in total. The van der Waals surface area contributed by atoms with Gasteiger partial charge in [-0.05, 0) is 19.3 Å². The summed E-state index contributed by atoms with van der Waals surface area (Å²) < 4.78 is 0. The van der Waals surface area contributed by atoms with Crippen molar-refractivity contribution in [3.05, 3.63) is 39.9 Å². The Labute approximate surface area is 106 Å². The van der Waals surface area contributed by atoms with Crippen LogP contribution >= 0.6 is 0 Å². The number of hydrogen-bond donors (Lipinski definition) is 1. The van der Waals surface area contributed by atoms with Crippen LogP contribution in [-0.2, 0) is 11.2 Å². The number of para-hydroxylation sites is 1. The quantitative estimate of drug-likeness (QED) is 0.596. The molecule has 0 aromatic heterocycles. The molecule has 0 heterocycles. The second-order valence-corrected chi connectivity index (χ2v) is 4.25. The van der Waals surface area contributed by atoms with E-state index in [2.05, 4.69) is 0 Å². The summed E-state index contributed by atoms with van der Waals surface area (Å²) in [5, 5.41) is 19.8. The van der Waals surface area contributed by atoms with E-state index in [0.29, 0.717) is 24.8 Å². The average molecular weight is 251 g/mol. The molecule has 0 spiro atoms. The Hall–Kier alpha value is -1.91. The second kappa shape index (κ2) is 6.74. The lowest BCUT2D eigenvalue weighted by atomic mass is 9.95.